The third kappa shape index (κ3) is 5.29. The summed E-state index contributed by atoms with van der Waals surface area (Å²) < 4.78 is 13.4. The molecule has 0 atom stereocenters. The highest BCUT2D eigenvalue weighted by molar-refractivity contribution is 6.33. The van der Waals surface area contributed by atoms with E-state index in [1.165, 1.54) is 18.2 Å². The highest BCUT2D eigenvalue weighted by Gasteiger charge is 2.23. The quantitative estimate of drug-likeness (QED) is 0.561. The molecule has 2 amide bonds. The molecule has 32 heavy (non-hydrogen) atoms. The van der Waals surface area contributed by atoms with E-state index in [4.69, 9.17) is 23.2 Å². The van der Waals surface area contributed by atoms with Crippen molar-refractivity contribution in [3.8, 4) is 0 Å². The minimum absolute atomic E-state index is 0.0293. The van der Waals surface area contributed by atoms with Crippen LogP contribution in [0.4, 0.5) is 20.6 Å². The van der Waals surface area contributed by atoms with Crippen LogP contribution in [-0.2, 0) is 6.42 Å². The lowest BCUT2D eigenvalue weighted by molar-refractivity contribution is 0.215. The number of halogens is 3. The molecule has 1 aliphatic heterocycles. The zero-order valence-electron chi connectivity index (χ0n) is 17.3. The third-order valence-corrected chi connectivity index (χ3v) is 5.90. The number of pyridine rings is 2. The van der Waals surface area contributed by atoms with Gasteiger partial charge < -0.3 is 15.1 Å². The molecule has 0 bridgehead atoms. The predicted octanol–water partition coefficient (Wildman–Crippen LogP) is 5.26. The summed E-state index contributed by atoms with van der Waals surface area (Å²) in [5.74, 6) is -0.522. The normalized spacial score (nSPS) is 14.2. The molecular formula is C23H22Cl2FN5O. The molecule has 1 aliphatic rings. The minimum atomic E-state index is -0.522. The molecule has 3 heterocycles. The molecular weight excluding hydrogens is 452 g/mol. The molecule has 6 nitrogen and oxygen atoms in total. The van der Waals surface area contributed by atoms with Gasteiger partial charge in [-0.25, -0.2) is 9.18 Å². The molecule has 1 saturated heterocycles. The molecule has 0 saturated carbocycles. The molecule has 2 aromatic heterocycles. The van der Waals surface area contributed by atoms with Gasteiger partial charge in [-0.05, 0) is 41.8 Å². The molecule has 0 aliphatic carbocycles. The van der Waals surface area contributed by atoms with Crippen LogP contribution >= 0.6 is 23.2 Å². The first-order chi connectivity index (χ1) is 15.5. The maximum Gasteiger partial charge on any atom is 0.321 e. The Morgan fingerprint density at radius 3 is 2.69 bits per heavy atom. The number of carbonyl (C=O) groups excluding carboxylic acids is 1. The first kappa shape index (κ1) is 22.3. The number of hydrogen-bond donors (Lipinski definition) is 1. The van der Waals surface area contributed by atoms with Crippen LogP contribution in [0.2, 0.25) is 10.0 Å². The fraction of sp³-hybridized carbons (Fsp3) is 0.261. The summed E-state index contributed by atoms with van der Waals surface area (Å²) in [5.41, 5.74) is 3.49. The monoisotopic (exact) mass is 473 g/mol. The maximum atomic E-state index is 13.4. The van der Waals surface area contributed by atoms with Gasteiger partial charge in [-0.1, -0.05) is 29.3 Å². The van der Waals surface area contributed by atoms with Crippen molar-refractivity contribution in [2.24, 2.45) is 0 Å². The third-order valence-electron chi connectivity index (χ3n) is 5.34. The summed E-state index contributed by atoms with van der Waals surface area (Å²) in [6.45, 7) is 2.50. The van der Waals surface area contributed by atoms with Gasteiger partial charge in [0, 0.05) is 63.1 Å². The van der Waals surface area contributed by atoms with E-state index in [0.717, 1.165) is 29.8 Å². The first-order valence-corrected chi connectivity index (χ1v) is 11.0. The number of urea groups is 1. The zero-order chi connectivity index (χ0) is 22.5. The van der Waals surface area contributed by atoms with Crippen LogP contribution in [0.25, 0.3) is 0 Å². The Kier molecular flexibility index (Phi) is 7.07. The van der Waals surface area contributed by atoms with Crippen molar-refractivity contribution >= 4 is 40.6 Å². The van der Waals surface area contributed by atoms with Crippen LogP contribution in [0, 0.1) is 5.82 Å². The standard InChI is InChI=1S/C23H22Cl2FN5O/c24-19-12-18(4-5-21(19)26)29-23(32)31-8-2-7-30(9-10-31)22-17(14-28-15-20(22)25)11-16-3-1-6-27-13-16/h1,3-6,12-15H,2,7-11H2,(H,29,32). The van der Waals surface area contributed by atoms with Gasteiger partial charge in [-0.3, -0.25) is 9.97 Å². The Morgan fingerprint density at radius 1 is 1.03 bits per heavy atom. The average Bonchev–Trinajstić information content (AvgIpc) is 3.03. The Balaban J connectivity index is 1.46. The van der Waals surface area contributed by atoms with Crippen LogP contribution in [0.1, 0.15) is 17.5 Å². The van der Waals surface area contributed by atoms with E-state index in [0.29, 0.717) is 36.8 Å². The second-order valence-electron chi connectivity index (χ2n) is 7.55. The van der Waals surface area contributed by atoms with E-state index in [2.05, 4.69) is 20.2 Å². The van der Waals surface area contributed by atoms with Crippen molar-refractivity contribution in [3.63, 3.8) is 0 Å². The summed E-state index contributed by atoms with van der Waals surface area (Å²) >= 11 is 12.4. The van der Waals surface area contributed by atoms with Gasteiger partial charge >= 0.3 is 6.03 Å². The molecule has 166 valence electrons. The van der Waals surface area contributed by atoms with Gasteiger partial charge in [-0.15, -0.1) is 0 Å². The highest BCUT2D eigenvalue weighted by atomic mass is 35.5. The van der Waals surface area contributed by atoms with Gasteiger partial charge in [0.15, 0.2) is 0 Å². The van der Waals surface area contributed by atoms with Crippen molar-refractivity contribution in [3.05, 3.63) is 82.1 Å². The molecule has 9 heteroatoms. The number of rotatable bonds is 4. The molecule has 1 fully saturated rings. The first-order valence-electron chi connectivity index (χ1n) is 10.3. The van der Waals surface area contributed by atoms with Crippen molar-refractivity contribution in [2.75, 3.05) is 36.4 Å². The van der Waals surface area contributed by atoms with Gasteiger partial charge in [0.25, 0.3) is 0 Å². The molecule has 0 spiro atoms. The fourth-order valence-corrected chi connectivity index (χ4v) is 4.27. The molecule has 4 rings (SSSR count). The number of carbonyl (C=O) groups is 1. The lowest BCUT2D eigenvalue weighted by Gasteiger charge is -2.27. The van der Waals surface area contributed by atoms with Crippen molar-refractivity contribution in [1.29, 1.82) is 0 Å². The molecule has 0 radical (unpaired) electrons. The highest BCUT2D eigenvalue weighted by Crippen LogP contribution is 2.31. The lowest BCUT2D eigenvalue weighted by Crippen LogP contribution is -2.38. The number of amides is 2. The second-order valence-corrected chi connectivity index (χ2v) is 8.37. The number of nitrogens with one attached hydrogen (secondary N) is 1. The minimum Gasteiger partial charge on any atom is -0.368 e. The summed E-state index contributed by atoms with van der Waals surface area (Å²) in [6.07, 6.45) is 8.51. The van der Waals surface area contributed by atoms with Crippen molar-refractivity contribution in [2.45, 2.75) is 12.8 Å². The number of anilines is 2. The smallest absolute Gasteiger partial charge is 0.321 e. The Bertz CT molecular complexity index is 1100. The fourth-order valence-electron chi connectivity index (χ4n) is 3.80. The van der Waals surface area contributed by atoms with Gasteiger partial charge in [0.05, 0.1) is 15.7 Å². The summed E-state index contributed by atoms with van der Waals surface area (Å²) in [5, 5.41) is 3.35. The van der Waals surface area contributed by atoms with Crippen LogP contribution in [-0.4, -0.2) is 47.1 Å². The zero-order valence-corrected chi connectivity index (χ0v) is 18.8. The number of benzene rings is 1. The SMILES string of the molecule is O=C(Nc1ccc(F)c(Cl)c1)N1CCCN(c2c(Cl)cncc2Cc2cccnc2)CC1. The summed E-state index contributed by atoms with van der Waals surface area (Å²) in [4.78, 5) is 25.2. The van der Waals surface area contributed by atoms with E-state index in [1.54, 1.807) is 17.3 Å². The van der Waals surface area contributed by atoms with Gasteiger partial charge in [-0.2, -0.15) is 0 Å². The van der Waals surface area contributed by atoms with Crippen molar-refractivity contribution < 1.29 is 9.18 Å². The topological polar surface area (TPSA) is 61.4 Å². The van der Waals surface area contributed by atoms with Crippen LogP contribution < -0.4 is 10.2 Å². The predicted molar refractivity (Wildman–Crippen MR) is 125 cm³/mol. The Hall–Kier alpha value is -2.90. The Morgan fingerprint density at radius 2 is 1.91 bits per heavy atom. The number of nitrogens with zero attached hydrogens (tertiary/aromatic N) is 4. The van der Waals surface area contributed by atoms with Gasteiger partial charge in [0.1, 0.15) is 5.82 Å². The van der Waals surface area contributed by atoms with E-state index in [-0.39, 0.29) is 11.1 Å². The van der Waals surface area contributed by atoms with E-state index >= 15 is 0 Å². The number of aromatic nitrogens is 2. The van der Waals surface area contributed by atoms with Crippen LogP contribution in [0.3, 0.4) is 0 Å². The largest absolute Gasteiger partial charge is 0.368 e. The van der Waals surface area contributed by atoms with E-state index < -0.39 is 5.82 Å². The van der Waals surface area contributed by atoms with E-state index in [9.17, 15) is 9.18 Å². The summed E-state index contributed by atoms with van der Waals surface area (Å²) in [7, 11) is 0. The maximum absolute atomic E-state index is 13.4. The van der Waals surface area contributed by atoms with Crippen LogP contribution in [0.15, 0.2) is 55.1 Å². The van der Waals surface area contributed by atoms with Crippen LogP contribution in [0.5, 0.6) is 0 Å². The van der Waals surface area contributed by atoms with Crippen molar-refractivity contribution in [1.82, 2.24) is 14.9 Å². The summed E-state index contributed by atoms with van der Waals surface area (Å²) in [6, 6.07) is 7.81. The average molecular weight is 474 g/mol. The lowest BCUT2D eigenvalue weighted by atomic mass is 10.1. The molecule has 0 unspecified atom stereocenters. The second kappa shape index (κ2) is 10.1. The molecule has 1 N–H and O–H groups in total. The van der Waals surface area contributed by atoms with E-state index in [1.807, 2.05) is 24.5 Å². The van der Waals surface area contributed by atoms with Gasteiger partial charge in [0.2, 0.25) is 0 Å². The Labute approximate surface area is 196 Å². The molecule has 3 aromatic rings. The molecule has 1 aromatic carbocycles. The number of hydrogen-bond acceptors (Lipinski definition) is 4.